The largest absolute Gasteiger partial charge is 0.397 e. The summed E-state index contributed by atoms with van der Waals surface area (Å²) in [6.45, 7) is 2.08. The van der Waals surface area contributed by atoms with Gasteiger partial charge in [0.15, 0.2) is 0 Å². The first-order valence-corrected chi connectivity index (χ1v) is 5.92. The number of aromatic nitrogens is 1. The van der Waals surface area contributed by atoms with E-state index < -0.39 is 0 Å². The average Bonchev–Trinajstić information content (AvgIpc) is 2.69. The second-order valence-corrected chi connectivity index (χ2v) is 4.28. The summed E-state index contributed by atoms with van der Waals surface area (Å²) in [5.41, 5.74) is 8.79. The first-order valence-electron chi connectivity index (χ1n) is 5.92. The molecule has 94 valence electrons. The third kappa shape index (κ3) is 2.53. The van der Waals surface area contributed by atoms with Crippen LogP contribution in [0, 0.1) is 0 Å². The van der Waals surface area contributed by atoms with Crippen LogP contribution >= 0.6 is 0 Å². The fourth-order valence-electron chi connectivity index (χ4n) is 1.88. The molecule has 0 bridgehead atoms. The number of carbonyl (C=O) groups is 1. The maximum absolute atomic E-state index is 12.1. The van der Waals surface area contributed by atoms with Crippen molar-refractivity contribution in [3.8, 4) is 0 Å². The van der Waals surface area contributed by atoms with Crippen molar-refractivity contribution in [3.05, 3.63) is 47.8 Å². The summed E-state index contributed by atoms with van der Waals surface area (Å²) >= 11 is 0. The molecule has 0 aliphatic heterocycles. The van der Waals surface area contributed by atoms with Crippen molar-refractivity contribution in [3.63, 3.8) is 0 Å². The Morgan fingerprint density at radius 1 is 1.39 bits per heavy atom. The van der Waals surface area contributed by atoms with Crippen LogP contribution in [0.15, 0.2) is 36.5 Å². The van der Waals surface area contributed by atoms with Crippen LogP contribution in [0.25, 0.3) is 0 Å². The van der Waals surface area contributed by atoms with Gasteiger partial charge in [0.2, 0.25) is 0 Å². The molecule has 0 spiro atoms. The molecule has 0 fully saturated rings. The highest BCUT2D eigenvalue weighted by Gasteiger charge is 2.10. The molecule has 4 heteroatoms. The van der Waals surface area contributed by atoms with Crippen LogP contribution in [-0.4, -0.2) is 10.5 Å². The number of amides is 1. The number of benzene rings is 1. The highest BCUT2D eigenvalue weighted by Crippen LogP contribution is 2.14. The third-order valence-electron chi connectivity index (χ3n) is 2.85. The Hall–Kier alpha value is -2.23. The number of nitrogens with one attached hydrogen (secondary N) is 1. The summed E-state index contributed by atoms with van der Waals surface area (Å²) < 4.78 is 1.72. The predicted molar refractivity (Wildman–Crippen MR) is 73.6 cm³/mol. The summed E-state index contributed by atoms with van der Waals surface area (Å²) in [4.78, 5) is 12.1. The van der Waals surface area contributed by atoms with Gasteiger partial charge in [-0.15, -0.1) is 0 Å². The molecule has 0 unspecified atom stereocenters. The number of aryl methyl sites for hydroxylation is 2. The zero-order valence-corrected chi connectivity index (χ0v) is 10.6. The van der Waals surface area contributed by atoms with E-state index in [0.717, 1.165) is 12.1 Å². The number of nitrogen functional groups attached to an aromatic ring is 1. The minimum Gasteiger partial charge on any atom is -0.397 e. The molecule has 18 heavy (non-hydrogen) atoms. The van der Waals surface area contributed by atoms with Gasteiger partial charge in [0.1, 0.15) is 5.69 Å². The number of hydrogen-bond donors (Lipinski definition) is 2. The molecule has 0 saturated heterocycles. The van der Waals surface area contributed by atoms with Gasteiger partial charge in [-0.05, 0) is 30.2 Å². The van der Waals surface area contributed by atoms with Crippen LogP contribution < -0.4 is 11.1 Å². The van der Waals surface area contributed by atoms with Gasteiger partial charge in [-0.3, -0.25) is 4.79 Å². The SMILES string of the molecule is CCc1cccc(NC(=O)c2cc(N)cn2C)c1. The van der Waals surface area contributed by atoms with Gasteiger partial charge < -0.3 is 15.6 Å². The van der Waals surface area contributed by atoms with Gasteiger partial charge in [-0.1, -0.05) is 19.1 Å². The Morgan fingerprint density at radius 2 is 2.17 bits per heavy atom. The van der Waals surface area contributed by atoms with Gasteiger partial charge in [0.05, 0.1) is 5.69 Å². The second-order valence-electron chi connectivity index (χ2n) is 4.28. The fourth-order valence-corrected chi connectivity index (χ4v) is 1.88. The molecule has 0 radical (unpaired) electrons. The van der Waals surface area contributed by atoms with Crippen LogP contribution in [0.1, 0.15) is 23.0 Å². The molecule has 0 saturated carbocycles. The number of rotatable bonds is 3. The molecule has 1 amide bonds. The minimum atomic E-state index is -0.151. The first-order chi connectivity index (χ1) is 8.60. The minimum absolute atomic E-state index is 0.151. The Balaban J connectivity index is 2.18. The summed E-state index contributed by atoms with van der Waals surface area (Å²) in [5.74, 6) is -0.151. The van der Waals surface area contributed by atoms with E-state index in [9.17, 15) is 4.79 Å². The van der Waals surface area contributed by atoms with Crippen molar-refractivity contribution >= 4 is 17.3 Å². The number of nitrogens with two attached hydrogens (primary N) is 1. The van der Waals surface area contributed by atoms with E-state index in [2.05, 4.69) is 12.2 Å². The topological polar surface area (TPSA) is 60.1 Å². The van der Waals surface area contributed by atoms with Crippen molar-refractivity contribution in [2.24, 2.45) is 7.05 Å². The lowest BCUT2D eigenvalue weighted by Crippen LogP contribution is -2.15. The average molecular weight is 243 g/mol. The zero-order valence-electron chi connectivity index (χ0n) is 10.6. The number of hydrogen-bond acceptors (Lipinski definition) is 2. The Morgan fingerprint density at radius 3 is 2.78 bits per heavy atom. The van der Waals surface area contributed by atoms with Crippen molar-refractivity contribution in [2.45, 2.75) is 13.3 Å². The molecule has 2 rings (SSSR count). The van der Waals surface area contributed by atoms with E-state index in [4.69, 9.17) is 5.73 Å². The van der Waals surface area contributed by atoms with Gasteiger partial charge in [0, 0.05) is 18.9 Å². The summed E-state index contributed by atoms with van der Waals surface area (Å²) in [6, 6.07) is 9.50. The maximum Gasteiger partial charge on any atom is 0.272 e. The molecule has 1 aromatic carbocycles. The van der Waals surface area contributed by atoms with E-state index >= 15 is 0 Å². The number of nitrogens with zero attached hydrogens (tertiary/aromatic N) is 1. The quantitative estimate of drug-likeness (QED) is 0.869. The Labute approximate surface area is 106 Å². The number of carbonyl (C=O) groups excluding carboxylic acids is 1. The van der Waals surface area contributed by atoms with E-state index in [1.54, 1.807) is 23.9 Å². The summed E-state index contributed by atoms with van der Waals surface area (Å²) in [5, 5.41) is 2.87. The van der Waals surface area contributed by atoms with Crippen LogP contribution in [0.5, 0.6) is 0 Å². The third-order valence-corrected chi connectivity index (χ3v) is 2.85. The second kappa shape index (κ2) is 4.96. The van der Waals surface area contributed by atoms with Crippen molar-refractivity contribution in [2.75, 3.05) is 11.1 Å². The van der Waals surface area contributed by atoms with E-state index in [-0.39, 0.29) is 5.91 Å². The maximum atomic E-state index is 12.1. The Bertz CT molecular complexity index is 572. The molecule has 1 aromatic heterocycles. The van der Waals surface area contributed by atoms with Crippen molar-refractivity contribution in [1.82, 2.24) is 4.57 Å². The summed E-state index contributed by atoms with van der Waals surface area (Å²) in [6.07, 6.45) is 2.66. The lowest BCUT2D eigenvalue weighted by atomic mass is 10.1. The fraction of sp³-hybridized carbons (Fsp3) is 0.214. The first kappa shape index (κ1) is 12.2. The predicted octanol–water partition coefficient (Wildman–Crippen LogP) is 2.42. The van der Waals surface area contributed by atoms with Gasteiger partial charge >= 0.3 is 0 Å². The van der Waals surface area contributed by atoms with Gasteiger partial charge in [0.25, 0.3) is 5.91 Å². The van der Waals surface area contributed by atoms with E-state index in [1.165, 1.54) is 5.56 Å². The molecule has 0 atom stereocenters. The van der Waals surface area contributed by atoms with Crippen molar-refractivity contribution in [1.29, 1.82) is 0 Å². The Kier molecular flexibility index (Phi) is 3.37. The highest BCUT2D eigenvalue weighted by molar-refractivity contribution is 6.03. The van der Waals surface area contributed by atoms with Crippen LogP contribution in [0.2, 0.25) is 0 Å². The monoisotopic (exact) mass is 243 g/mol. The van der Waals surface area contributed by atoms with Crippen LogP contribution in [-0.2, 0) is 13.5 Å². The molecule has 1 heterocycles. The number of anilines is 2. The lowest BCUT2D eigenvalue weighted by Gasteiger charge is -2.07. The molecular weight excluding hydrogens is 226 g/mol. The van der Waals surface area contributed by atoms with E-state index in [0.29, 0.717) is 11.4 Å². The molecule has 3 N–H and O–H groups in total. The zero-order chi connectivity index (χ0) is 13.1. The van der Waals surface area contributed by atoms with E-state index in [1.807, 2.05) is 24.3 Å². The van der Waals surface area contributed by atoms with Crippen LogP contribution in [0.4, 0.5) is 11.4 Å². The molecule has 4 nitrogen and oxygen atoms in total. The van der Waals surface area contributed by atoms with Gasteiger partial charge in [-0.2, -0.15) is 0 Å². The van der Waals surface area contributed by atoms with Crippen LogP contribution in [0.3, 0.4) is 0 Å². The highest BCUT2D eigenvalue weighted by atomic mass is 16.1. The molecule has 2 aromatic rings. The summed E-state index contributed by atoms with van der Waals surface area (Å²) in [7, 11) is 1.80. The molecular formula is C14H17N3O. The standard InChI is InChI=1S/C14H17N3O/c1-3-10-5-4-6-12(7-10)16-14(18)13-8-11(15)9-17(13)2/h4-9H,3,15H2,1-2H3,(H,16,18). The molecule has 0 aliphatic rings. The van der Waals surface area contributed by atoms with Crippen molar-refractivity contribution < 1.29 is 4.79 Å². The van der Waals surface area contributed by atoms with Gasteiger partial charge in [-0.25, -0.2) is 0 Å². The smallest absolute Gasteiger partial charge is 0.272 e. The normalized spacial score (nSPS) is 10.3. The molecule has 0 aliphatic carbocycles. The lowest BCUT2D eigenvalue weighted by molar-refractivity contribution is 0.101.